The summed E-state index contributed by atoms with van der Waals surface area (Å²) in [6.07, 6.45) is 0.167. The summed E-state index contributed by atoms with van der Waals surface area (Å²) in [6, 6.07) is 17.2. The SMILES string of the molecule is O=C(CN(c1cccc(C(F)(F)F)c1)S(=O)(=O)c1ccccc1)Nc1ccccc1C(=O)NC1CCCCC1. The van der Waals surface area contributed by atoms with Gasteiger partial charge in [0, 0.05) is 6.04 Å². The van der Waals surface area contributed by atoms with Crippen molar-refractivity contribution in [3.63, 3.8) is 0 Å². The van der Waals surface area contributed by atoms with E-state index in [1.165, 1.54) is 36.4 Å². The highest BCUT2D eigenvalue weighted by Gasteiger charge is 2.33. The molecule has 39 heavy (non-hydrogen) atoms. The zero-order valence-electron chi connectivity index (χ0n) is 20.9. The van der Waals surface area contributed by atoms with Gasteiger partial charge >= 0.3 is 6.18 Å². The summed E-state index contributed by atoms with van der Waals surface area (Å²) in [5.74, 6) is -1.20. The van der Waals surface area contributed by atoms with E-state index in [2.05, 4.69) is 10.6 Å². The Labute approximate surface area is 225 Å². The molecule has 11 heteroatoms. The predicted molar refractivity (Wildman–Crippen MR) is 142 cm³/mol. The van der Waals surface area contributed by atoms with Gasteiger partial charge in [0.2, 0.25) is 5.91 Å². The first-order valence-electron chi connectivity index (χ1n) is 12.5. The topological polar surface area (TPSA) is 95.6 Å². The average molecular weight is 560 g/mol. The lowest BCUT2D eigenvalue weighted by atomic mass is 9.95. The molecule has 1 aliphatic rings. The first-order chi connectivity index (χ1) is 18.6. The van der Waals surface area contributed by atoms with Crippen LogP contribution in [0.4, 0.5) is 24.5 Å². The maximum Gasteiger partial charge on any atom is 0.416 e. The van der Waals surface area contributed by atoms with Crippen LogP contribution in [0.1, 0.15) is 48.0 Å². The summed E-state index contributed by atoms with van der Waals surface area (Å²) in [5.41, 5.74) is -1.02. The molecule has 0 saturated heterocycles. The summed E-state index contributed by atoms with van der Waals surface area (Å²) >= 11 is 0. The van der Waals surface area contributed by atoms with Gasteiger partial charge < -0.3 is 10.6 Å². The lowest BCUT2D eigenvalue weighted by Crippen LogP contribution is -2.39. The zero-order chi connectivity index (χ0) is 28.0. The van der Waals surface area contributed by atoms with E-state index in [1.54, 1.807) is 24.3 Å². The number of hydrogen-bond donors (Lipinski definition) is 2. The summed E-state index contributed by atoms with van der Waals surface area (Å²) in [6.45, 7) is -0.822. The van der Waals surface area contributed by atoms with Crippen molar-refractivity contribution in [1.29, 1.82) is 0 Å². The molecule has 0 atom stereocenters. The quantitative estimate of drug-likeness (QED) is 0.376. The number of anilines is 2. The van der Waals surface area contributed by atoms with Crippen LogP contribution in [0.15, 0.2) is 83.8 Å². The van der Waals surface area contributed by atoms with Crippen molar-refractivity contribution in [3.8, 4) is 0 Å². The van der Waals surface area contributed by atoms with Crippen LogP contribution in [-0.4, -0.2) is 32.8 Å². The van der Waals surface area contributed by atoms with Gasteiger partial charge in [-0.2, -0.15) is 13.2 Å². The van der Waals surface area contributed by atoms with Gasteiger partial charge in [0.15, 0.2) is 0 Å². The minimum atomic E-state index is -4.72. The molecule has 1 fully saturated rings. The van der Waals surface area contributed by atoms with Gasteiger partial charge in [0.05, 0.1) is 27.4 Å². The fraction of sp³-hybridized carbons (Fsp3) is 0.286. The van der Waals surface area contributed by atoms with Crippen LogP contribution in [0, 0.1) is 0 Å². The fourth-order valence-corrected chi connectivity index (χ4v) is 5.93. The fourth-order valence-electron chi connectivity index (χ4n) is 4.49. The van der Waals surface area contributed by atoms with Gasteiger partial charge in [-0.25, -0.2) is 8.42 Å². The third-order valence-corrected chi connectivity index (χ3v) is 8.25. The molecule has 1 aliphatic carbocycles. The van der Waals surface area contributed by atoms with Crippen LogP contribution in [0.5, 0.6) is 0 Å². The monoisotopic (exact) mass is 559 g/mol. The lowest BCUT2D eigenvalue weighted by Gasteiger charge is -2.25. The maximum atomic E-state index is 13.5. The first kappa shape index (κ1) is 28.2. The van der Waals surface area contributed by atoms with E-state index >= 15 is 0 Å². The van der Waals surface area contributed by atoms with Crippen molar-refractivity contribution >= 4 is 33.2 Å². The molecule has 1 saturated carbocycles. The number of rotatable bonds is 8. The van der Waals surface area contributed by atoms with Crippen LogP contribution in [0.2, 0.25) is 0 Å². The molecule has 4 rings (SSSR count). The number of benzene rings is 3. The molecule has 3 aromatic carbocycles. The Morgan fingerprint density at radius 1 is 0.872 bits per heavy atom. The molecule has 7 nitrogen and oxygen atoms in total. The van der Waals surface area contributed by atoms with Crippen molar-refractivity contribution < 1.29 is 31.2 Å². The minimum absolute atomic E-state index is 0.0300. The highest BCUT2D eigenvalue weighted by atomic mass is 32.2. The van der Waals surface area contributed by atoms with Gasteiger partial charge in [0.1, 0.15) is 6.54 Å². The number of sulfonamides is 1. The molecule has 0 radical (unpaired) electrons. The third kappa shape index (κ3) is 6.97. The Kier molecular flexibility index (Phi) is 8.59. The number of carbonyl (C=O) groups excluding carboxylic acids is 2. The third-order valence-electron chi connectivity index (χ3n) is 6.47. The average Bonchev–Trinajstić information content (AvgIpc) is 2.92. The van der Waals surface area contributed by atoms with Crippen molar-refractivity contribution in [3.05, 3.63) is 90.0 Å². The van der Waals surface area contributed by atoms with Gasteiger partial charge in [-0.1, -0.05) is 55.7 Å². The second-order valence-corrected chi connectivity index (χ2v) is 11.1. The van der Waals surface area contributed by atoms with Crippen LogP contribution < -0.4 is 14.9 Å². The zero-order valence-corrected chi connectivity index (χ0v) is 21.8. The normalized spacial score (nSPS) is 14.4. The summed E-state index contributed by atoms with van der Waals surface area (Å²) in [7, 11) is -4.42. The summed E-state index contributed by atoms with van der Waals surface area (Å²) < 4.78 is 67.8. The highest BCUT2D eigenvalue weighted by molar-refractivity contribution is 7.92. The second kappa shape index (κ2) is 11.9. The Balaban J connectivity index is 1.61. The van der Waals surface area contributed by atoms with E-state index in [0.717, 1.165) is 44.2 Å². The number of nitrogens with one attached hydrogen (secondary N) is 2. The Morgan fingerprint density at radius 2 is 1.54 bits per heavy atom. The molecular weight excluding hydrogens is 531 g/mol. The van der Waals surface area contributed by atoms with Crippen molar-refractivity contribution in [2.75, 3.05) is 16.2 Å². The lowest BCUT2D eigenvalue weighted by molar-refractivity contribution is -0.137. The molecule has 206 valence electrons. The standard InChI is InChI=1S/C28H28F3N3O4S/c29-28(30,31)20-10-9-13-22(18-20)34(39(37,38)23-14-5-2-6-15-23)19-26(35)33-25-17-8-7-16-24(25)27(36)32-21-11-3-1-4-12-21/h2,5-10,13-18,21H,1,3-4,11-12,19H2,(H,32,36)(H,33,35). The van der Waals surface area contributed by atoms with Crippen LogP contribution >= 0.6 is 0 Å². The number of carbonyl (C=O) groups is 2. The van der Waals surface area contributed by atoms with Crippen LogP contribution in [0.3, 0.4) is 0 Å². The first-order valence-corrected chi connectivity index (χ1v) is 13.9. The summed E-state index contributed by atoms with van der Waals surface area (Å²) in [4.78, 5) is 25.9. The number of para-hydroxylation sites is 1. The van der Waals surface area contributed by atoms with E-state index < -0.39 is 34.2 Å². The van der Waals surface area contributed by atoms with E-state index in [9.17, 15) is 31.2 Å². The van der Waals surface area contributed by atoms with E-state index in [0.29, 0.717) is 10.4 Å². The number of hydrogen-bond acceptors (Lipinski definition) is 4. The molecule has 0 heterocycles. The van der Waals surface area contributed by atoms with Crippen LogP contribution in [-0.2, 0) is 21.0 Å². The molecule has 2 N–H and O–H groups in total. The van der Waals surface area contributed by atoms with Gasteiger partial charge in [0.25, 0.3) is 15.9 Å². The molecule has 0 aliphatic heterocycles. The van der Waals surface area contributed by atoms with E-state index in [-0.39, 0.29) is 33.8 Å². The molecule has 0 spiro atoms. The van der Waals surface area contributed by atoms with E-state index in [1.807, 2.05) is 0 Å². The Hall–Kier alpha value is -3.86. The molecule has 0 bridgehead atoms. The number of alkyl halides is 3. The molecule has 3 aromatic rings. The van der Waals surface area contributed by atoms with Gasteiger partial charge in [-0.15, -0.1) is 0 Å². The molecule has 0 unspecified atom stereocenters. The molecular formula is C28H28F3N3O4S. The van der Waals surface area contributed by atoms with Crippen molar-refractivity contribution in [2.24, 2.45) is 0 Å². The van der Waals surface area contributed by atoms with Crippen molar-refractivity contribution in [1.82, 2.24) is 5.32 Å². The number of amides is 2. The highest BCUT2D eigenvalue weighted by Crippen LogP contribution is 2.33. The Morgan fingerprint density at radius 3 is 2.23 bits per heavy atom. The largest absolute Gasteiger partial charge is 0.416 e. The van der Waals surface area contributed by atoms with E-state index in [4.69, 9.17) is 0 Å². The minimum Gasteiger partial charge on any atom is -0.349 e. The number of nitrogens with zero attached hydrogens (tertiary/aromatic N) is 1. The van der Waals surface area contributed by atoms with Crippen molar-refractivity contribution in [2.45, 2.75) is 49.2 Å². The molecule has 0 aromatic heterocycles. The summed E-state index contributed by atoms with van der Waals surface area (Å²) in [5, 5.41) is 5.55. The second-order valence-electron chi connectivity index (χ2n) is 9.27. The Bertz CT molecular complexity index is 1420. The number of halogens is 3. The predicted octanol–water partition coefficient (Wildman–Crippen LogP) is 5.60. The smallest absolute Gasteiger partial charge is 0.349 e. The van der Waals surface area contributed by atoms with Crippen LogP contribution in [0.25, 0.3) is 0 Å². The maximum absolute atomic E-state index is 13.5. The van der Waals surface area contributed by atoms with Gasteiger partial charge in [-0.3, -0.25) is 13.9 Å². The molecule has 2 amide bonds. The van der Waals surface area contributed by atoms with Gasteiger partial charge in [-0.05, 0) is 55.3 Å².